The summed E-state index contributed by atoms with van der Waals surface area (Å²) in [4.78, 5) is 0. The fourth-order valence-electron chi connectivity index (χ4n) is 2.74. The molecule has 3 rings (SSSR count). The third kappa shape index (κ3) is 5.98. The van der Waals surface area contributed by atoms with E-state index in [-0.39, 0.29) is 5.82 Å². The molecular formula is C23H27FO2. The van der Waals surface area contributed by atoms with Crippen LogP contribution in [0.3, 0.4) is 0 Å². The molecule has 1 fully saturated rings. The Labute approximate surface area is 156 Å². The van der Waals surface area contributed by atoms with Gasteiger partial charge in [-0.25, -0.2) is 4.39 Å². The summed E-state index contributed by atoms with van der Waals surface area (Å²) >= 11 is 0. The first-order valence-electron chi connectivity index (χ1n) is 9.28. The lowest BCUT2D eigenvalue weighted by Gasteiger charge is -2.27. The largest absolute Gasteiger partial charge is 0.343 e. The van der Waals surface area contributed by atoms with E-state index in [1.165, 1.54) is 12.1 Å². The van der Waals surface area contributed by atoms with Crippen LogP contribution in [0.5, 0.6) is 0 Å². The van der Waals surface area contributed by atoms with Crippen molar-refractivity contribution in [2.45, 2.75) is 45.3 Å². The zero-order valence-electron chi connectivity index (χ0n) is 15.6. The lowest BCUT2D eigenvalue weighted by atomic mass is 10.00. The van der Waals surface area contributed by atoms with Gasteiger partial charge in [0.2, 0.25) is 0 Å². The monoisotopic (exact) mass is 354 g/mol. The van der Waals surface area contributed by atoms with Crippen LogP contribution >= 0.6 is 0 Å². The minimum Gasteiger partial charge on any atom is -0.343 e. The van der Waals surface area contributed by atoms with Gasteiger partial charge in [-0.15, -0.1) is 0 Å². The molecule has 0 aromatic heterocycles. The standard InChI is InChI=1S/C13H17FO2.C10H10/c1-2-3-8-13(15-9-10-16-13)11-4-6-12(14)7-5-11;1-2-3-7-10-8-5-4-6-9-10/h4-7H,2-3,8-10H2,1H3;4-6,8-9H,2H2,1H3. The van der Waals surface area contributed by atoms with Gasteiger partial charge in [-0.2, -0.15) is 0 Å². The van der Waals surface area contributed by atoms with Crippen LogP contribution in [0.2, 0.25) is 0 Å². The summed E-state index contributed by atoms with van der Waals surface area (Å²) < 4.78 is 24.3. The molecule has 0 aliphatic carbocycles. The number of hydrogen-bond donors (Lipinski definition) is 0. The van der Waals surface area contributed by atoms with Gasteiger partial charge in [0.15, 0.2) is 5.79 Å². The molecule has 0 radical (unpaired) electrons. The van der Waals surface area contributed by atoms with Crippen molar-refractivity contribution in [3.8, 4) is 11.8 Å². The maximum Gasteiger partial charge on any atom is 0.194 e. The first-order chi connectivity index (χ1) is 12.7. The van der Waals surface area contributed by atoms with Crippen molar-refractivity contribution in [1.29, 1.82) is 0 Å². The molecule has 1 aliphatic rings. The molecule has 0 bridgehead atoms. The van der Waals surface area contributed by atoms with Crippen molar-refractivity contribution in [1.82, 2.24) is 0 Å². The van der Waals surface area contributed by atoms with Crippen molar-refractivity contribution < 1.29 is 13.9 Å². The van der Waals surface area contributed by atoms with Gasteiger partial charge in [0.1, 0.15) is 5.82 Å². The van der Waals surface area contributed by atoms with Crippen LogP contribution in [0, 0.1) is 17.7 Å². The van der Waals surface area contributed by atoms with Crippen molar-refractivity contribution in [2.24, 2.45) is 0 Å². The highest BCUT2D eigenvalue weighted by atomic mass is 19.1. The number of ether oxygens (including phenoxy) is 2. The highest BCUT2D eigenvalue weighted by Gasteiger charge is 2.37. The zero-order valence-corrected chi connectivity index (χ0v) is 15.6. The summed E-state index contributed by atoms with van der Waals surface area (Å²) in [5, 5.41) is 0. The molecule has 0 saturated carbocycles. The molecule has 2 aromatic rings. The molecule has 2 aromatic carbocycles. The van der Waals surface area contributed by atoms with E-state index in [1.807, 2.05) is 30.3 Å². The number of halogens is 1. The summed E-state index contributed by atoms with van der Waals surface area (Å²) in [6.07, 6.45) is 3.89. The Hall–Kier alpha value is -2.15. The predicted molar refractivity (Wildman–Crippen MR) is 103 cm³/mol. The molecule has 0 unspecified atom stereocenters. The first-order valence-corrected chi connectivity index (χ1v) is 9.28. The molecule has 0 N–H and O–H groups in total. The molecule has 1 aliphatic heterocycles. The van der Waals surface area contributed by atoms with E-state index in [4.69, 9.17) is 9.47 Å². The minimum atomic E-state index is -0.635. The molecule has 0 atom stereocenters. The molecule has 0 spiro atoms. The molecule has 138 valence electrons. The average molecular weight is 354 g/mol. The molecule has 0 amide bonds. The molecule has 26 heavy (non-hydrogen) atoms. The molecule has 3 heteroatoms. The van der Waals surface area contributed by atoms with Crippen LogP contribution in [-0.4, -0.2) is 13.2 Å². The van der Waals surface area contributed by atoms with Crippen LogP contribution in [0.1, 0.15) is 50.7 Å². The van der Waals surface area contributed by atoms with Crippen molar-refractivity contribution >= 4 is 0 Å². The second kappa shape index (κ2) is 10.8. The number of unbranched alkanes of at least 4 members (excludes halogenated alkanes) is 1. The fourth-order valence-corrected chi connectivity index (χ4v) is 2.74. The number of benzene rings is 2. The van der Waals surface area contributed by atoms with E-state index in [9.17, 15) is 4.39 Å². The Morgan fingerprint density at radius 3 is 2.19 bits per heavy atom. The van der Waals surface area contributed by atoms with Gasteiger partial charge in [-0.05, 0) is 30.7 Å². The highest BCUT2D eigenvalue weighted by Crippen LogP contribution is 2.36. The summed E-state index contributed by atoms with van der Waals surface area (Å²) in [6, 6.07) is 16.4. The third-order valence-corrected chi connectivity index (χ3v) is 4.08. The second-order valence-electron chi connectivity index (χ2n) is 6.08. The summed E-state index contributed by atoms with van der Waals surface area (Å²) in [5.74, 6) is 5.19. The lowest BCUT2D eigenvalue weighted by molar-refractivity contribution is -0.171. The van der Waals surface area contributed by atoms with E-state index in [0.29, 0.717) is 13.2 Å². The quantitative estimate of drug-likeness (QED) is 0.659. The maximum atomic E-state index is 12.9. The summed E-state index contributed by atoms with van der Waals surface area (Å²) in [6.45, 7) is 5.41. The van der Waals surface area contributed by atoms with Gasteiger partial charge in [0.25, 0.3) is 0 Å². The predicted octanol–water partition coefficient (Wildman–Crippen LogP) is 5.66. The number of hydrogen-bond acceptors (Lipinski definition) is 2. The van der Waals surface area contributed by atoms with Crippen LogP contribution in [0.25, 0.3) is 0 Å². The lowest BCUT2D eigenvalue weighted by Crippen LogP contribution is -2.27. The van der Waals surface area contributed by atoms with Gasteiger partial charge in [0.05, 0.1) is 13.2 Å². The first kappa shape index (κ1) is 20.2. The Morgan fingerprint density at radius 1 is 0.962 bits per heavy atom. The Balaban J connectivity index is 0.000000209. The van der Waals surface area contributed by atoms with Gasteiger partial charge < -0.3 is 9.47 Å². The summed E-state index contributed by atoms with van der Waals surface area (Å²) in [7, 11) is 0. The Bertz CT molecular complexity index is 692. The molecular weight excluding hydrogens is 327 g/mol. The minimum absolute atomic E-state index is 0.229. The van der Waals surface area contributed by atoms with Crippen LogP contribution in [-0.2, 0) is 15.3 Å². The highest BCUT2D eigenvalue weighted by molar-refractivity contribution is 5.33. The maximum absolute atomic E-state index is 12.9. The SMILES string of the molecule is CCC#Cc1ccccc1.CCCCC1(c2ccc(F)cc2)OCCO1. The summed E-state index contributed by atoms with van der Waals surface area (Å²) in [5.41, 5.74) is 2.02. The molecule has 2 nitrogen and oxygen atoms in total. The van der Waals surface area contributed by atoms with Gasteiger partial charge in [-0.3, -0.25) is 0 Å². The number of rotatable bonds is 4. The Morgan fingerprint density at radius 2 is 1.62 bits per heavy atom. The van der Waals surface area contributed by atoms with Gasteiger partial charge >= 0.3 is 0 Å². The van der Waals surface area contributed by atoms with Crippen molar-refractivity contribution in [2.75, 3.05) is 13.2 Å². The second-order valence-corrected chi connectivity index (χ2v) is 6.08. The third-order valence-electron chi connectivity index (χ3n) is 4.08. The van der Waals surface area contributed by atoms with Crippen LogP contribution < -0.4 is 0 Å². The van der Waals surface area contributed by atoms with E-state index in [0.717, 1.165) is 36.8 Å². The van der Waals surface area contributed by atoms with E-state index < -0.39 is 5.79 Å². The van der Waals surface area contributed by atoms with Gasteiger partial charge in [-0.1, -0.05) is 62.4 Å². The average Bonchev–Trinajstić information content (AvgIpc) is 3.17. The van der Waals surface area contributed by atoms with Crippen molar-refractivity contribution in [3.63, 3.8) is 0 Å². The smallest absolute Gasteiger partial charge is 0.194 e. The zero-order chi connectivity index (χ0) is 18.7. The van der Waals surface area contributed by atoms with E-state index in [1.54, 1.807) is 12.1 Å². The molecule has 1 saturated heterocycles. The van der Waals surface area contributed by atoms with E-state index >= 15 is 0 Å². The van der Waals surface area contributed by atoms with Crippen LogP contribution in [0.4, 0.5) is 4.39 Å². The normalized spacial score (nSPS) is 14.7. The fraction of sp³-hybridized carbons (Fsp3) is 0.391. The van der Waals surface area contributed by atoms with Gasteiger partial charge in [0, 0.05) is 24.0 Å². The van der Waals surface area contributed by atoms with Crippen molar-refractivity contribution in [3.05, 3.63) is 71.5 Å². The van der Waals surface area contributed by atoms with E-state index in [2.05, 4.69) is 25.7 Å². The topological polar surface area (TPSA) is 18.5 Å². The Kier molecular flexibility index (Phi) is 8.34. The molecule has 1 heterocycles. The van der Waals surface area contributed by atoms with Crippen LogP contribution in [0.15, 0.2) is 54.6 Å².